The third kappa shape index (κ3) is 2.98. The maximum Gasteiger partial charge on any atom is 0.174 e. The highest BCUT2D eigenvalue weighted by molar-refractivity contribution is 6.03. The van der Waals surface area contributed by atoms with Gasteiger partial charge in [-0.2, -0.15) is 0 Å². The predicted octanol–water partition coefficient (Wildman–Crippen LogP) is 2.18. The van der Waals surface area contributed by atoms with E-state index in [0.717, 1.165) is 41.0 Å². The van der Waals surface area contributed by atoms with Gasteiger partial charge in [0.15, 0.2) is 11.6 Å². The molecule has 2 aliphatic heterocycles. The molecule has 3 heterocycles. The second-order valence-corrected chi connectivity index (χ2v) is 7.19. The summed E-state index contributed by atoms with van der Waals surface area (Å²) < 4.78 is 16.9. The Balaban J connectivity index is 1.46. The van der Waals surface area contributed by atoms with Gasteiger partial charge in [0.2, 0.25) is 0 Å². The minimum atomic E-state index is 0.0981. The summed E-state index contributed by atoms with van der Waals surface area (Å²) in [4.78, 5) is 0. The van der Waals surface area contributed by atoms with Crippen molar-refractivity contribution < 1.29 is 14.0 Å². The summed E-state index contributed by atoms with van der Waals surface area (Å²) in [5, 5.41) is 9.23. The molecule has 3 N–H and O–H groups in total. The van der Waals surface area contributed by atoms with E-state index in [1.165, 1.54) is 0 Å². The molecule has 8 heteroatoms. The SMILES string of the molecule is CC1(COc2cccc(-c3onc4ccc(C5=NNNN5)cc34)c2)COC1. The number of hydrazine groups is 2. The fourth-order valence-electron chi connectivity index (χ4n) is 3.15. The number of aromatic nitrogens is 1. The summed E-state index contributed by atoms with van der Waals surface area (Å²) in [5.74, 6) is 2.21. The summed E-state index contributed by atoms with van der Waals surface area (Å²) in [6, 6.07) is 13.7. The van der Waals surface area contributed by atoms with Gasteiger partial charge in [0.25, 0.3) is 0 Å². The van der Waals surface area contributed by atoms with Crippen LogP contribution in [0.1, 0.15) is 12.5 Å². The van der Waals surface area contributed by atoms with E-state index >= 15 is 0 Å². The lowest BCUT2D eigenvalue weighted by Gasteiger charge is -2.37. The molecule has 1 fully saturated rings. The Bertz CT molecular complexity index is 1030. The first kappa shape index (κ1) is 16.1. The largest absolute Gasteiger partial charge is 0.493 e. The maximum absolute atomic E-state index is 5.98. The van der Waals surface area contributed by atoms with Crippen molar-refractivity contribution in [3.05, 3.63) is 48.0 Å². The molecule has 0 amide bonds. The molecule has 2 aliphatic rings. The zero-order valence-corrected chi connectivity index (χ0v) is 14.8. The van der Waals surface area contributed by atoms with E-state index in [0.29, 0.717) is 18.2 Å². The van der Waals surface area contributed by atoms with Crippen LogP contribution in [0.25, 0.3) is 22.2 Å². The van der Waals surface area contributed by atoms with E-state index in [1.807, 2.05) is 42.5 Å². The van der Waals surface area contributed by atoms with E-state index in [-0.39, 0.29) is 5.41 Å². The second kappa shape index (κ2) is 6.26. The zero-order chi connectivity index (χ0) is 18.3. The molecule has 8 nitrogen and oxygen atoms in total. The zero-order valence-electron chi connectivity index (χ0n) is 14.8. The molecule has 0 bridgehead atoms. The highest BCUT2D eigenvalue weighted by Crippen LogP contribution is 2.33. The van der Waals surface area contributed by atoms with Gasteiger partial charge in [-0.1, -0.05) is 24.2 Å². The number of hydrogen-bond acceptors (Lipinski definition) is 8. The normalized spacial score (nSPS) is 17.7. The number of hydrogen-bond donors (Lipinski definition) is 3. The third-order valence-electron chi connectivity index (χ3n) is 4.74. The van der Waals surface area contributed by atoms with Crippen molar-refractivity contribution >= 4 is 16.7 Å². The summed E-state index contributed by atoms with van der Waals surface area (Å²) in [7, 11) is 0. The molecular formula is C19H19N5O3. The Hall–Kier alpha value is -3.10. The van der Waals surface area contributed by atoms with Crippen LogP contribution in [0.2, 0.25) is 0 Å². The van der Waals surface area contributed by atoms with E-state index in [2.05, 4.69) is 33.7 Å². The van der Waals surface area contributed by atoms with Crippen molar-refractivity contribution in [1.82, 2.24) is 21.7 Å². The van der Waals surface area contributed by atoms with Crippen LogP contribution < -0.4 is 21.2 Å². The van der Waals surface area contributed by atoms with Gasteiger partial charge in [0, 0.05) is 16.5 Å². The summed E-state index contributed by atoms with van der Waals surface area (Å²) in [5.41, 5.74) is 11.1. The van der Waals surface area contributed by atoms with Crippen LogP contribution in [0.4, 0.5) is 0 Å². The van der Waals surface area contributed by atoms with Gasteiger partial charge in [-0.25, -0.2) is 5.53 Å². The van der Waals surface area contributed by atoms with E-state index < -0.39 is 0 Å². The van der Waals surface area contributed by atoms with Crippen LogP contribution in [0.15, 0.2) is 52.1 Å². The molecule has 0 unspecified atom stereocenters. The fourth-order valence-corrected chi connectivity index (χ4v) is 3.15. The number of rotatable bonds is 5. The number of fused-ring (bicyclic) bond motifs is 1. The Morgan fingerprint density at radius 3 is 2.85 bits per heavy atom. The predicted molar refractivity (Wildman–Crippen MR) is 99.8 cm³/mol. The van der Waals surface area contributed by atoms with Gasteiger partial charge < -0.3 is 14.0 Å². The minimum Gasteiger partial charge on any atom is -0.493 e. The quantitative estimate of drug-likeness (QED) is 0.638. The molecule has 27 heavy (non-hydrogen) atoms. The molecular weight excluding hydrogens is 346 g/mol. The standard InChI is InChI=1S/C19H19N5O3/c1-19(9-25-10-19)11-26-14-4-2-3-12(7-14)17-15-8-13(18-20-23-24-21-18)5-6-16(15)22-27-17/h2-8,23-24H,9-11H2,1H3,(H,20,21). The first-order chi connectivity index (χ1) is 13.2. The lowest BCUT2D eigenvalue weighted by atomic mass is 9.90. The number of hydrazone groups is 1. The topological polar surface area (TPSA) is 92.9 Å². The van der Waals surface area contributed by atoms with Gasteiger partial charge in [-0.05, 0) is 30.3 Å². The average molecular weight is 365 g/mol. The molecule has 2 aromatic carbocycles. The van der Waals surface area contributed by atoms with Gasteiger partial charge in [-0.3, -0.25) is 5.43 Å². The Labute approximate surface area is 155 Å². The Morgan fingerprint density at radius 1 is 1.15 bits per heavy atom. The third-order valence-corrected chi connectivity index (χ3v) is 4.74. The average Bonchev–Trinajstić information content (AvgIpc) is 3.34. The van der Waals surface area contributed by atoms with Crippen LogP contribution in [0.5, 0.6) is 5.75 Å². The fraction of sp³-hybridized carbons (Fsp3) is 0.263. The van der Waals surface area contributed by atoms with Crippen molar-refractivity contribution in [2.45, 2.75) is 6.92 Å². The smallest absolute Gasteiger partial charge is 0.174 e. The Morgan fingerprint density at radius 2 is 2.07 bits per heavy atom. The van der Waals surface area contributed by atoms with E-state index in [1.54, 1.807) is 0 Å². The van der Waals surface area contributed by atoms with Gasteiger partial charge in [-0.15, -0.1) is 10.6 Å². The monoisotopic (exact) mass is 365 g/mol. The summed E-state index contributed by atoms with van der Waals surface area (Å²) in [6.07, 6.45) is 0. The molecule has 0 radical (unpaired) electrons. The second-order valence-electron chi connectivity index (χ2n) is 7.19. The molecule has 0 saturated carbocycles. The number of amidine groups is 1. The van der Waals surface area contributed by atoms with Gasteiger partial charge in [0.1, 0.15) is 11.3 Å². The molecule has 0 aliphatic carbocycles. The lowest BCUT2D eigenvalue weighted by Crippen LogP contribution is -2.44. The first-order valence-corrected chi connectivity index (χ1v) is 8.75. The van der Waals surface area contributed by atoms with Crippen molar-refractivity contribution in [2.75, 3.05) is 19.8 Å². The molecule has 0 spiro atoms. The number of ether oxygens (including phenoxy) is 2. The number of benzene rings is 2. The highest BCUT2D eigenvalue weighted by Gasteiger charge is 2.34. The Kier molecular flexibility index (Phi) is 3.73. The maximum atomic E-state index is 5.98. The van der Waals surface area contributed by atoms with Crippen LogP contribution in [-0.4, -0.2) is 30.8 Å². The van der Waals surface area contributed by atoms with Crippen molar-refractivity contribution in [1.29, 1.82) is 0 Å². The summed E-state index contributed by atoms with van der Waals surface area (Å²) in [6.45, 7) is 4.27. The first-order valence-electron chi connectivity index (χ1n) is 8.75. The van der Waals surface area contributed by atoms with Crippen molar-refractivity contribution in [3.63, 3.8) is 0 Å². The molecule has 1 saturated heterocycles. The van der Waals surface area contributed by atoms with Gasteiger partial charge in [0.05, 0.1) is 25.2 Å². The molecule has 0 atom stereocenters. The highest BCUT2D eigenvalue weighted by atomic mass is 16.5. The lowest BCUT2D eigenvalue weighted by molar-refractivity contribution is -0.120. The van der Waals surface area contributed by atoms with Gasteiger partial charge >= 0.3 is 0 Å². The van der Waals surface area contributed by atoms with Crippen LogP contribution >= 0.6 is 0 Å². The summed E-state index contributed by atoms with van der Waals surface area (Å²) >= 11 is 0. The van der Waals surface area contributed by atoms with Crippen LogP contribution in [0, 0.1) is 5.41 Å². The number of nitrogens with zero attached hydrogens (tertiary/aromatic N) is 2. The molecule has 138 valence electrons. The van der Waals surface area contributed by atoms with E-state index in [9.17, 15) is 0 Å². The minimum absolute atomic E-state index is 0.0981. The number of nitrogens with one attached hydrogen (secondary N) is 3. The van der Waals surface area contributed by atoms with Crippen LogP contribution in [-0.2, 0) is 4.74 Å². The molecule has 3 aromatic rings. The van der Waals surface area contributed by atoms with Crippen molar-refractivity contribution in [2.24, 2.45) is 10.5 Å². The van der Waals surface area contributed by atoms with Crippen molar-refractivity contribution in [3.8, 4) is 17.1 Å². The van der Waals surface area contributed by atoms with E-state index in [4.69, 9.17) is 14.0 Å². The molecule has 1 aromatic heterocycles. The van der Waals surface area contributed by atoms with Crippen LogP contribution in [0.3, 0.4) is 0 Å². The molecule has 5 rings (SSSR count).